The van der Waals surface area contributed by atoms with Crippen LogP contribution in [0.4, 0.5) is 0 Å². The molecule has 1 N–H and O–H groups in total. The zero-order chi connectivity index (χ0) is 19.9. The molecule has 0 radical (unpaired) electrons. The Labute approximate surface area is 168 Å². The van der Waals surface area contributed by atoms with Crippen LogP contribution in [-0.2, 0) is 6.61 Å². The maximum Gasteiger partial charge on any atom is 0.251 e. The largest absolute Gasteiger partial charge is 0.492 e. The Morgan fingerprint density at radius 2 is 1.68 bits per heavy atom. The van der Waals surface area contributed by atoms with Crippen molar-refractivity contribution in [3.8, 4) is 11.5 Å². The third-order valence-electron chi connectivity index (χ3n) is 4.15. The molecule has 6 nitrogen and oxygen atoms in total. The fourth-order valence-corrected chi connectivity index (χ4v) is 2.66. The lowest BCUT2D eigenvalue weighted by molar-refractivity contribution is 0.0947. The minimum Gasteiger partial charge on any atom is -0.492 e. The summed E-state index contributed by atoms with van der Waals surface area (Å²) in [5.74, 6) is 1.95. The molecule has 146 valence electrons. The summed E-state index contributed by atoms with van der Waals surface area (Å²) in [5, 5.41) is 7.37. The first-order chi connectivity index (χ1) is 13.5. The van der Waals surface area contributed by atoms with Gasteiger partial charge in [-0.2, -0.15) is 0 Å². The standard InChI is InChI=1S/C21H21ClN2O4/c1-14-20(15(2)28-24-14)13-27-19-7-3-16(4-8-19)21(25)23-11-12-26-18-9-5-17(22)6-10-18/h3-10H,11-13H2,1-2H3,(H,23,25). The van der Waals surface area contributed by atoms with E-state index in [1.54, 1.807) is 48.5 Å². The van der Waals surface area contributed by atoms with Crippen LogP contribution < -0.4 is 14.8 Å². The van der Waals surface area contributed by atoms with Crippen molar-refractivity contribution in [2.24, 2.45) is 0 Å². The van der Waals surface area contributed by atoms with Crippen molar-refractivity contribution in [1.29, 1.82) is 0 Å². The summed E-state index contributed by atoms with van der Waals surface area (Å²) >= 11 is 5.82. The van der Waals surface area contributed by atoms with Crippen molar-refractivity contribution < 1.29 is 18.8 Å². The number of benzene rings is 2. The second-order valence-electron chi connectivity index (χ2n) is 6.17. The Morgan fingerprint density at radius 1 is 1.04 bits per heavy atom. The number of hydrogen-bond acceptors (Lipinski definition) is 5. The van der Waals surface area contributed by atoms with E-state index in [-0.39, 0.29) is 5.91 Å². The lowest BCUT2D eigenvalue weighted by Crippen LogP contribution is -2.28. The number of hydrogen-bond donors (Lipinski definition) is 1. The average Bonchev–Trinajstić information content (AvgIpc) is 3.03. The van der Waals surface area contributed by atoms with Gasteiger partial charge in [0, 0.05) is 10.6 Å². The third kappa shape index (κ3) is 5.27. The van der Waals surface area contributed by atoms with Gasteiger partial charge in [0.05, 0.1) is 17.8 Å². The first-order valence-corrected chi connectivity index (χ1v) is 9.22. The highest BCUT2D eigenvalue weighted by Crippen LogP contribution is 2.18. The van der Waals surface area contributed by atoms with E-state index in [1.807, 2.05) is 13.8 Å². The molecule has 0 saturated carbocycles. The van der Waals surface area contributed by atoms with Crippen LogP contribution in [0.3, 0.4) is 0 Å². The Kier molecular flexibility index (Phi) is 6.55. The molecule has 1 amide bonds. The molecule has 0 aliphatic rings. The van der Waals surface area contributed by atoms with Crippen molar-refractivity contribution in [2.75, 3.05) is 13.2 Å². The number of aryl methyl sites for hydroxylation is 2. The monoisotopic (exact) mass is 400 g/mol. The van der Waals surface area contributed by atoms with Crippen molar-refractivity contribution in [3.05, 3.63) is 76.1 Å². The molecule has 0 saturated heterocycles. The highest BCUT2D eigenvalue weighted by atomic mass is 35.5. The molecule has 0 bridgehead atoms. The highest BCUT2D eigenvalue weighted by molar-refractivity contribution is 6.30. The molecule has 1 heterocycles. The van der Waals surface area contributed by atoms with Crippen molar-refractivity contribution in [2.45, 2.75) is 20.5 Å². The second kappa shape index (κ2) is 9.28. The van der Waals surface area contributed by atoms with Crippen molar-refractivity contribution >= 4 is 17.5 Å². The molecule has 2 aromatic carbocycles. The van der Waals surface area contributed by atoms with Crippen molar-refractivity contribution in [1.82, 2.24) is 10.5 Å². The lowest BCUT2D eigenvalue weighted by atomic mass is 10.2. The summed E-state index contributed by atoms with van der Waals surface area (Å²) in [7, 11) is 0. The van der Waals surface area contributed by atoms with Gasteiger partial charge >= 0.3 is 0 Å². The lowest BCUT2D eigenvalue weighted by Gasteiger charge is -2.09. The molecule has 0 unspecified atom stereocenters. The van der Waals surface area contributed by atoms with Crippen LogP contribution in [-0.4, -0.2) is 24.2 Å². The summed E-state index contributed by atoms with van der Waals surface area (Å²) in [6.45, 7) is 4.86. The van der Waals surface area contributed by atoms with Crippen LogP contribution in [0.5, 0.6) is 11.5 Å². The molecule has 0 fully saturated rings. The molecule has 3 aromatic rings. The number of rotatable bonds is 8. The smallest absolute Gasteiger partial charge is 0.251 e. The van der Waals surface area contributed by atoms with Crippen LogP contribution in [0.15, 0.2) is 53.1 Å². The normalized spacial score (nSPS) is 10.5. The SMILES string of the molecule is Cc1noc(C)c1COc1ccc(C(=O)NCCOc2ccc(Cl)cc2)cc1. The minimum atomic E-state index is -0.169. The number of carbonyl (C=O) groups excluding carboxylic acids is 1. The van der Waals surface area contributed by atoms with E-state index < -0.39 is 0 Å². The van der Waals surface area contributed by atoms with Crippen molar-refractivity contribution in [3.63, 3.8) is 0 Å². The Morgan fingerprint density at radius 3 is 2.32 bits per heavy atom. The third-order valence-corrected chi connectivity index (χ3v) is 4.40. The van der Waals surface area contributed by atoms with Gasteiger partial charge in [0.25, 0.3) is 5.91 Å². The second-order valence-corrected chi connectivity index (χ2v) is 6.61. The molecule has 0 spiro atoms. The number of amides is 1. The van der Waals surface area contributed by atoms with Gasteiger partial charge < -0.3 is 19.3 Å². The molecule has 7 heteroatoms. The fourth-order valence-electron chi connectivity index (χ4n) is 2.53. The van der Waals surface area contributed by atoms with E-state index in [0.29, 0.717) is 41.8 Å². The van der Waals surface area contributed by atoms with E-state index in [0.717, 1.165) is 17.0 Å². The molecule has 28 heavy (non-hydrogen) atoms. The van der Waals surface area contributed by atoms with Crippen LogP contribution in [0.1, 0.15) is 27.4 Å². The summed E-state index contributed by atoms with van der Waals surface area (Å²) in [4.78, 5) is 12.2. The number of halogens is 1. The van der Waals surface area contributed by atoms with Gasteiger partial charge in [0.1, 0.15) is 30.5 Å². The first-order valence-electron chi connectivity index (χ1n) is 8.84. The molecule has 0 aliphatic carbocycles. The van der Waals surface area contributed by atoms with Gasteiger partial charge in [-0.15, -0.1) is 0 Å². The molecule has 3 rings (SSSR count). The average molecular weight is 401 g/mol. The maximum atomic E-state index is 12.2. The Balaban J connectivity index is 1.43. The van der Waals surface area contributed by atoms with E-state index in [9.17, 15) is 4.79 Å². The molecular formula is C21H21ClN2O4. The van der Waals surface area contributed by atoms with Gasteiger partial charge in [0.2, 0.25) is 0 Å². The van der Waals surface area contributed by atoms with E-state index >= 15 is 0 Å². The Bertz CT molecular complexity index is 901. The zero-order valence-corrected chi connectivity index (χ0v) is 16.5. The minimum absolute atomic E-state index is 0.169. The van der Waals surface area contributed by atoms with Gasteiger partial charge in [-0.25, -0.2) is 0 Å². The maximum absolute atomic E-state index is 12.2. The molecular weight excluding hydrogens is 380 g/mol. The van der Waals surface area contributed by atoms with Crippen LogP contribution in [0.2, 0.25) is 5.02 Å². The zero-order valence-electron chi connectivity index (χ0n) is 15.7. The van der Waals surface area contributed by atoms with Crippen LogP contribution >= 0.6 is 11.6 Å². The Hall–Kier alpha value is -2.99. The summed E-state index contributed by atoms with van der Waals surface area (Å²) in [6.07, 6.45) is 0. The van der Waals surface area contributed by atoms with Crippen LogP contribution in [0, 0.1) is 13.8 Å². The number of aromatic nitrogens is 1. The predicted octanol–water partition coefficient (Wildman–Crippen LogP) is 4.33. The molecule has 0 atom stereocenters. The summed E-state index contributed by atoms with van der Waals surface area (Å²) < 4.78 is 16.4. The van der Waals surface area contributed by atoms with E-state index in [4.69, 9.17) is 25.6 Å². The number of nitrogens with zero attached hydrogens (tertiary/aromatic N) is 1. The molecule has 1 aromatic heterocycles. The summed E-state index contributed by atoms with van der Waals surface area (Å²) in [6, 6.07) is 14.0. The van der Waals surface area contributed by atoms with Crippen LogP contribution in [0.25, 0.3) is 0 Å². The molecule has 0 aliphatic heterocycles. The first kappa shape index (κ1) is 19.8. The number of ether oxygens (including phenoxy) is 2. The quantitative estimate of drug-likeness (QED) is 0.569. The summed E-state index contributed by atoms with van der Waals surface area (Å²) in [5.41, 5.74) is 2.30. The van der Waals surface area contributed by atoms with Gasteiger partial charge in [-0.05, 0) is 62.4 Å². The highest BCUT2D eigenvalue weighted by Gasteiger charge is 2.10. The number of carbonyl (C=O) groups is 1. The number of nitrogens with one attached hydrogen (secondary N) is 1. The van der Waals surface area contributed by atoms with Gasteiger partial charge in [-0.3, -0.25) is 4.79 Å². The topological polar surface area (TPSA) is 73.6 Å². The van der Waals surface area contributed by atoms with E-state index in [1.165, 1.54) is 0 Å². The fraction of sp³-hybridized carbons (Fsp3) is 0.238. The van der Waals surface area contributed by atoms with E-state index in [2.05, 4.69) is 10.5 Å². The predicted molar refractivity (Wildman–Crippen MR) is 106 cm³/mol. The van der Waals surface area contributed by atoms with Gasteiger partial charge in [0.15, 0.2) is 0 Å². The van der Waals surface area contributed by atoms with Gasteiger partial charge in [-0.1, -0.05) is 16.8 Å².